The molecule has 1 fully saturated rings. The summed E-state index contributed by atoms with van der Waals surface area (Å²) in [7, 11) is 0. The average molecular weight is 355 g/mol. The third-order valence-electron chi connectivity index (χ3n) is 3.59. The van der Waals surface area contributed by atoms with E-state index in [2.05, 4.69) is 21.2 Å². The van der Waals surface area contributed by atoms with Gasteiger partial charge in [-0.05, 0) is 30.5 Å². The number of carbonyl (C=O) groups excluding carboxylic acids is 2. The van der Waals surface area contributed by atoms with Gasteiger partial charge in [0.15, 0.2) is 0 Å². The molecular weight excluding hydrogens is 340 g/mol. The quantitative estimate of drug-likeness (QED) is 0.705. The van der Waals surface area contributed by atoms with Crippen LogP contribution in [0.4, 0.5) is 0 Å². The van der Waals surface area contributed by atoms with E-state index in [4.69, 9.17) is 10.8 Å². The lowest BCUT2D eigenvalue weighted by molar-refractivity contribution is -0.143. The molecule has 0 aromatic heterocycles. The number of nitrogens with one attached hydrogen (secondary N) is 1. The highest BCUT2D eigenvalue weighted by Gasteiger charge is 2.51. The van der Waals surface area contributed by atoms with Crippen molar-refractivity contribution in [3.8, 4) is 0 Å². The fourth-order valence-electron chi connectivity index (χ4n) is 2.24. The fourth-order valence-corrected chi connectivity index (χ4v) is 2.50. The zero-order valence-corrected chi connectivity index (χ0v) is 12.7. The summed E-state index contributed by atoms with van der Waals surface area (Å²) in [6, 6.07) is 6.05. The second kappa shape index (κ2) is 5.85. The summed E-state index contributed by atoms with van der Waals surface area (Å²) >= 11 is 3.33. The monoisotopic (exact) mass is 354 g/mol. The fraction of sp³-hybridized carbons (Fsp3) is 0.357. The first-order valence-electron chi connectivity index (χ1n) is 6.43. The largest absolute Gasteiger partial charge is 0.480 e. The van der Waals surface area contributed by atoms with Crippen LogP contribution in [0.15, 0.2) is 28.7 Å². The van der Waals surface area contributed by atoms with E-state index in [-0.39, 0.29) is 5.91 Å². The molecule has 0 spiro atoms. The zero-order valence-electron chi connectivity index (χ0n) is 11.1. The van der Waals surface area contributed by atoms with E-state index in [1.165, 1.54) is 0 Å². The minimum atomic E-state index is -1.29. The molecule has 2 rings (SSSR count). The zero-order chi connectivity index (χ0) is 15.6. The van der Waals surface area contributed by atoms with E-state index in [1.807, 2.05) is 24.3 Å². The standard InChI is InChI=1S/C14H15BrN2O4/c15-9-3-1-8(2-4-9)14(5-6-14)13(21)17-10(12(19)20)7-11(16)18/h1-4,10H,5-7H2,(H2,16,18)(H,17,21)(H,19,20). The molecule has 21 heavy (non-hydrogen) atoms. The highest BCUT2D eigenvalue weighted by molar-refractivity contribution is 9.10. The topological polar surface area (TPSA) is 109 Å². The maximum atomic E-state index is 12.4. The summed E-state index contributed by atoms with van der Waals surface area (Å²) in [4.78, 5) is 34.3. The van der Waals surface area contributed by atoms with Gasteiger partial charge in [-0.25, -0.2) is 4.79 Å². The lowest BCUT2D eigenvalue weighted by atomic mass is 9.94. The van der Waals surface area contributed by atoms with Crippen molar-refractivity contribution < 1.29 is 19.5 Å². The third kappa shape index (κ3) is 3.41. The Bertz CT molecular complexity index is 581. The van der Waals surface area contributed by atoms with Crippen molar-refractivity contribution >= 4 is 33.7 Å². The molecule has 1 unspecified atom stereocenters. The Morgan fingerprint density at radius 1 is 1.29 bits per heavy atom. The van der Waals surface area contributed by atoms with Gasteiger partial charge in [0.05, 0.1) is 11.8 Å². The number of nitrogens with two attached hydrogens (primary N) is 1. The summed E-state index contributed by atoms with van der Waals surface area (Å²) < 4.78 is 0.902. The summed E-state index contributed by atoms with van der Waals surface area (Å²) in [5.41, 5.74) is 5.15. The van der Waals surface area contributed by atoms with E-state index in [0.717, 1.165) is 10.0 Å². The molecule has 1 atom stereocenters. The van der Waals surface area contributed by atoms with Gasteiger partial charge in [-0.3, -0.25) is 9.59 Å². The lowest BCUT2D eigenvalue weighted by Crippen LogP contribution is -2.47. The summed E-state index contributed by atoms with van der Waals surface area (Å²) in [6.07, 6.45) is 0.893. The minimum Gasteiger partial charge on any atom is -0.480 e. The smallest absolute Gasteiger partial charge is 0.326 e. The normalized spacial score (nSPS) is 16.8. The van der Waals surface area contributed by atoms with Crippen LogP contribution >= 0.6 is 15.9 Å². The third-order valence-corrected chi connectivity index (χ3v) is 4.12. The molecule has 6 nitrogen and oxygen atoms in total. The van der Waals surface area contributed by atoms with E-state index >= 15 is 0 Å². The minimum absolute atomic E-state index is 0.376. The number of benzene rings is 1. The average Bonchev–Trinajstić information content (AvgIpc) is 3.19. The van der Waals surface area contributed by atoms with Crippen LogP contribution in [0.1, 0.15) is 24.8 Å². The molecule has 1 saturated carbocycles. The second-order valence-electron chi connectivity index (χ2n) is 5.12. The Morgan fingerprint density at radius 2 is 1.86 bits per heavy atom. The van der Waals surface area contributed by atoms with E-state index in [9.17, 15) is 14.4 Å². The Balaban J connectivity index is 2.13. The van der Waals surface area contributed by atoms with Gasteiger partial charge < -0.3 is 16.2 Å². The maximum Gasteiger partial charge on any atom is 0.326 e. The molecule has 1 aromatic rings. The van der Waals surface area contributed by atoms with Gasteiger partial charge in [-0.15, -0.1) is 0 Å². The number of carboxylic acid groups (broad SMARTS) is 1. The molecule has 1 aliphatic carbocycles. The van der Waals surface area contributed by atoms with Crippen LogP contribution in [0.25, 0.3) is 0 Å². The van der Waals surface area contributed by atoms with Gasteiger partial charge in [0.25, 0.3) is 0 Å². The molecule has 7 heteroatoms. The number of carbonyl (C=O) groups is 3. The van der Waals surface area contributed by atoms with Crippen molar-refractivity contribution in [3.05, 3.63) is 34.3 Å². The number of halogens is 1. The van der Waals surface area contributed by atoms with E-state index in [0.29, 0.717) is 12.8 Å². The molecular formula is C14H15BrN2O4. The van der Waals surface area contributed by atoms with Crippen LogP contribution in [-0.2, 0) is 19.8 Å². The predicted molar refractivity (Wildman–Crippen MR) is 78.4 cm³/mol. The van der Waals surface area contributed by atoms with Gasteiger partial charge >= 0.3 is 5.97 Å². The second-order valence-corrected chi connectivity index (χ2v) is 6.04. The number of hydrogen-bond acceptors (Lipinski definition) is 3. The summed E-state index contributed by atoms with van der Waals surface area (Å²) in [5.74, 6) is -2.41. The number of rotatable bonds is 6. The molecule has 0 saturated heterocycles. The number of primary amides is 1. The molecule has 0 heterocycles. The van der Waals surface area contributed by atoms with Gasteiger partial charge in [-0.2, -0.15) is 0 Å². The van der Waals surface area contributed by atoms with Crippen molar-refractivity contribution in [1.29, 1.82) is 0 Å². The molecule has 0 radical (unpaired) electrons. The molecule has 0 bridgehead atoms. The predicted octanol–water partition coefficient (Wildman–Crippen LogP) is 0.926. The number of hydrogen-bond donors (Lipinski definition) is 3. The first-order chi connectivity index (χ1) is 9.85. The number of amides is 2. The molecule has 1 aromatic carbocycles. The van der Waals surface area contributed by atoms with Crippen LogP contribution in [0.3, 0.4) is 0 Å². The van der Waals surface area contributed by atoms with Crippen LogP contribution in [-0.4, -0.2) is 28.9 Å². The maximum absolute atomic E-state index is 12.4. The van der Waals surface area contributed by atoms with Gasteiger partial charge in [0.1, 0.15) is 6.04 Å². The van der Waals surface area contributed by atoms with Gasteiger partial charge in [0.2, 0.25) is 11.8 Å². The van der Waals surface area contributed by atoms with Crippen LogP contribution in [0.5, 0.6) is 0 Å². The van der Waals surface area contributed by atoms with Crippen molar-refractivity contribution in [3.63, 3.8) is 0 Å². The lowest BCUT2D eigenvalue weighted by Gasteiger charge is -2.19. The highest BCUT2D eigenvalue weighted by atomic mass is 79.9. The van der Waals surface area contributed by atoms with Crippen molar-refractivity contribution in [1.82, 2.24) is 5.32 Å². The van der Waals surface area contributed by atoms with Gasteiger partial charge in [0, 0.05) is 4.47 Å². The van der Waals surface area contributed by atoms with Crippen molar-refractivity contribution in [2.75, 3.05) is 0 Å². The Labute approximate surface area is 129 Å². The Morgan fingerprint density at radius 3 is 2.29 bits per heavy atom. The molecule has 0 aliphatic heterocycles. The molecule has 1 aliphatic rings. The number of aliphatic carboxylic acids is 1. The summed E-state index contributed by atoms with van der Waals surface area (Å²) in [6.45, 7) is 0. The van der Waals surface area contributed by atoms with Crippen molar-refractivity contribution in [2.45, 2.75) is 30.7 Å². The van der Waals surface area contributed by atoms with Gasteiger partial charge in [-0.1, -0.05) is 28.1 Å². The Hall–Kier alpha value is -1.89. The SMILES string of the molecule is NC(=O)CC(NC(=O)C1(c2ccc(Br)cc2)CC1)C(=O)O. The van der Waals surface area contributed by atoms with E-state index < -0.39 is 29.8 Å². The Kier molecular flexibility index (Phi) is 4.32. The summed E-state index contributed by atoms with van der Waals surface area (Å²) in [5, 5.41) is 11.4. The van der Waals surface area contributed by atoms with Crippen LogP contribution in [0, 0.1) is 0 Å². The van der Waals surface area contributed by atoms with Crippen LogP contribution < -0.4 is 11.1 Å². The molecule has 4 N–H and O–H groups in total. The first-order valence-corrected chi connectivity index (χ1v) is 7.22. The van der Waals surface area contributed by atoms with Crippen LogP contribution in [0.2, 0.25) is 0 Å². The van der Waals surface area contributed by atoms with E-state index in [1.54, 1.807) is 0 Å². The molecule has 2 amide bonds. The molecule has 112 valence electrons. The highest BCUT2D eigenvalue weighted by Crippen LogP contribution is 2.48. The first kappa shape index (κ1) is 15.5. The number of carboxylic acids is 1. The van der Waals surface area contributed by atoms with Crippen molar-refractivity contribution in [2.24, 2.45) is 5.73 Å².